The Balaban J connectivity index is 2.29. The van der Waals surface area contributed by atoms with Gasteiger partial charge in [-0.25, -0.2) is 0 Å². The Bertz CT molecular complexity index is 153. The normalized spacial score (nSPS) is 23.8. The average molecular weight is 187 g/mol. The van der Waals surface area contributed by atoms with E-state index in [-0.39, 0.29) is 6.10 Å². The van der Waals surface area contributed by atoms with Crippen LogP contribution in [0.15, 0.2) is 0 Å². The standard InChI is InChI=1S/C10H21NO2/c1-9(12)7-11(2)8-10(13)5-3-4-6-10/h9,12-13H,3-8H2,1-2H3/t9-/m1/s1. The molecule has 0 heterocycles. The van der Waals surface area contributed by atoms with Gasteiger partial charge in [0.15, 0.2) is 0 Å². The molecule has 2 N–H and O–H groups in total. The van der Waals surface area contributed by atoms with E-state index in [2.05, 4.69) is 0 Å². The fraction of sp³-hybridized carbons (Fsp3) is 1.00. The molecule has 1 rings (SSSR count). The van der Waals surface area contributed by atoms with Crippen LogP contribution in [0.4, 0.5) is 0 Å². The first-order valence-electron chi connectivity index (χ1n) is 5.11. The molecule has 0 aromatic heterocycles. The lowest BCUT2D eigenvalue weighted by atomic mass is 10.0. The predicted octanol–water partition coefficient (Wildman–Crippen LogP) is 0.604. The van der Waals surface area contributed by atoms with Gasteiger partial charge in [-0.3, -0.25) is 0 Å². The first kappa shape index (κ1) is 11.0. The van der Waals surface area contributed by atoms with Crippen LogP contribution in [0.25, 0.3) is 0 Å². The summed E-state index contributed by atoms with van der Waals surface area (Å²) in [6.45, 7) is 3.11. The Kier molecular flexibility index (Phi) is 3.71. The topological polar surface area (TPSA) is 43.7 Å². The number of aliphatic hydroxyl groups excluding tert-OH is 1. The number of aliphatic hydroxyl groups is 2. The van der Waals surface area contributed by atoms with Gasteiger partial charge in [0.05, 0.1) is 11.7 Å². The molecule has 0 amide bonds. The third-order valence-electron chi connectivity index (χ3n) is 2.67. The quantitative estimate of drug-likeness (QED) is 0.677. The first-order valence-corrected chi connectivity index (χ1v) is 5.11. The van der Waals surface area contributed by atoms with E-state index in [0.29, 0.717) is 13.1 Å². The van der Waals surface area contributed by atoms with Crippen LogP contribution in [0.2, 0.25) is 0 Å². The third-order valence-corrected chi connectivity index (χ3v) is 2.67. The Labute approximate surface area is 80.4 Å². The highest BCUT2D eigenvalue weighted by atomic mass is 16.3. The molecule has 0 spiro atoms. The van der Waals surface area contributed by atoms with Crippen molar-refractivity contribution < 1.29 is 10.2 Å². The van der Waals surface area contributed by atoms with Crippen LogP contribution >= 0.6 is 0 Å². The molecule has 0 aromatic rings. The molecule has 3 heteroatoms. The zero-order valence-corrected chi connectivity index (χ0v) is 8.66. The summed E-state index contributed by atoms with van der Waals surface area (Å²) in [7, 11) is 1.95. The molecule has 13 heavy (non-hydrogen) atoms. The molecule has 0 saturated heterocycles. The molecule has 1 aliphatic carbocycles. The maximum Gasteiger partial charge on any atom is 0.0774 e. The summed E-state index contributed by atoms with van der Waals surface area (Å²) in [5.74, 6) is 0. The molecule has 1 aliphatic rings. The van der Waals surface area contributed by atoms with Crippen molar-refractivity contribution in [3.8, 4) is 0 Å². The highest BCUT2D eigenvalue weighted by Crippen LogP contribution is 2.29. The number of rotatable bonds is 4. The number of hydrogen-bond acceptors (Lipinski definition) is 3. The minimum Gasteiger partial charge on any atom is -0.392 e. The molecule has 1 saturated carbocycles. The molecule has 0 aliphatic heterocycles. The van der Waals surface area contributed by atoms with Crippen molar-refractivity contribution in [2.24, 2.45) is 0 Å². The summed E-state index contributed by atoms with van der Waals surface area (Å²) < 4.78 is 0. The van der Waals surface area contributed by atoms with Crippen LogP contribution in [0.1, 0.15) is 32.6 Å². The van der Waals surface area contributed by atoms with Crippen molar-refractivity contribution in [3.05, 3.63) is 0 Å². The van der Waals surface area contributed by atoms with Gasteiger partial charge in [0.2, 0.25) is 0 Å². The maximum atomic E-state index is 10.1. The third kappa shape index (κ3) is 3.63. The van der Waals surface area contributed by atoms with E-state index in [1.807, 2.05) is 11.9 Å². The van der Waals surface area contributed by atoms with Crippen molar-refractivity contribution >= 4 is 0 Å². The molecule has 0 bridgehead atoms. The zero-order valence-electron chi connectivity index (χ0n) is 8.66. The lowest BCUT2D eigenvalue weighted by Gasteiger charge is -2.29. The lowest BCUT2D eigenvalue weighted by molar-refractivity contribution is 0.00688. The van der Waals surface area contributed by atoms with Crippen molar-refractivity contribution in [3.63, 3.8) is 0 Å². The lowest BCUT2D eigenvalue weighted by Crippen LogP contribution is -2.41. The van der Waals surface area contributed by atoms with Crippen molar-refractivity contribution in [1.82, 2.24) is 4.90 Å². The maximum absolute atomic E-state index is 10.1. The highest BCUT2D eigenvalue weighted by Gasteiger charge is 2.32. The van der Waals surface area contributed by atoms with Gasteiger partial charge in [0, 0.05) is 13.1 Å². The van der Waals surface area contributed by atoms with E-state index in [4.69, 9.17) is 5.11 Å². The van der Waals surface area contributed by atoms with Gasteiger partial charge in [-0.15, -0.1) is 0 Å². The zero-order chi connectivity index (χ0) is 9.90. The minimum absolute atomic E-state index is 0.310. The average Bonchev–Trinajstić information content (AvgIpc) is 2.33. The van der Waals surface area contributed by atoms with E-state index in [9.17, 15) is 5.11 Å². The Morgan fingerprint density at radius 1 is 1.38 bits per heavy atom. The van der Waals surface area contributed by atoms with E-state index in [1.54, 1.807) is 6.92 Å². The van der Waals surface area contributed by atoms with Crippen molar-refractivity contribution in [2.75, 3.05) is 20.1 Å². The Morgan fingerprint density at radius 2 is 1.92 bits per heavy atom. The molecule has 3 nitrogen and oxygen atoms in total. The molecule has 0 aromatic carbocycles. The van der Waals surface area contributed by atoms with E-state index in [1.165, 1.54) is 0 Å². The predicted molar refractivity (Wildman–Crippen MR) is 52.6 cm³/mol. The molecule has 0 radical (unpaired) electrons. The summed E-state index contributed by atoms with van der Waals surface area (Å²) >= 11 is 0. The highest BCUT2D eigenvalue weighted by molar-refractivity contribution is 4.86. The first-order chi connectivity index (χ1) is 6.02. The smallest absolute Gasteiger partial charge is 0.0774 e. The second kappa shape index (κ2) is 4.40. The van der Waals surface area contributed by atoms with E-state index >= 15 is 0 Å². The SMILES string of the molecule is C[C@@H](O)CN(C)CC1(O)CCCC1. The van der Waals surface area contributed by atoms with E-state index in [0.717, 1.165) is 25.7 Å². The van der Waals surface area contributed by atoms with Crippen molar-refractivity contribution in [1.29, 1.82) is 0 Å². The van der Waals surface area contributed by atoms with Crippen LogP contribution in [0.3, 0.4) is 0 Å². The van der Waals surface area contributed by atoms with Gasteiger partial charge in [0.25, 0.3) is 0 Å². The Morgan fingerprint density at radius 3 is 2.38 bits per heavy atom. The van der Waals surface area contributed by atoms with Gasteiger partial charge >= 0.3 is 0 Å². The fourth-order valence-corrected chi connectivity index (χ4v) is 2.21. The molecule has 0 unspecified atom stereocenters. The molecule has 1 atom stereocenters. The Hall–Kier alpha value is -0.120. The molecule has 78 valence electrons. The van der Waals surface area contributed by atoms with Crippen LogP contribution in [-0.2, 0) is 0 Å². The molecule has 1 fully saturated rings. The van der Waals surface area contributed by atoms with Gasteiger partial charge in [-0.05, 0) is 26.8 Å². The van der Waals surface area contributed by atoms with Gasteiger partial charge in [0.1, 0.15) is 0 Å². The summed E-state index contributed by atoms with van der Waals surface area (Å²) in [5.41, 5.74) is -0.482. The number of nitrogens with zero attached hydrogens (tertiary/aromatic N) is 1. The summed E-state index contributed by atoms with van der Waals surface area (Å²) in [5, 5.41) is 19.2. The van der Waals surface area contributed by atoms with Crippen LogP contribution in [0, 0.1) is 0 Å². The molecular formula is C10H21NO2. The second-order valence-corrected chi connectivity index (χ2v) is 4.48. The van der Waals surface area contributed by atoms with Gasteiger partial charge in [-0.2, -0.15) is 0 Å². The van der Waals surface area contributed by atoms with Crippen LogP contribution in [-0.4, -0.2) is 47.0 Å². The van der Waals surface area contributed by atoms with Crippen LogP contribution in [0.5, 0.6) is 0 Å². The number of likely N-dealkylation sites (N-methyl/N-ethyl adjacent to an activating group) is 1. The van der Waals surface area contributed by atoms with E-state index < -0.39 is 5.60 Å². The van der Waals surface area contributed by atoms with Crippen LogP contribution < -0.4 is 0 Å². The van der Waals surface area contributed by atoms with Gasteiger partial charge in [-0.1, -0.05) is 12.8 Å². The fourth-order valence-electron chi connectivity index (χ4n) is 2.21. The molecular weight excluding hydrogens is 166 g/mol. The number of hydrogen-bond donors (Lipinski definition) is 2. The monoisotopic (exact) mass is 187 g/mol. The van der Waals surface area contributed by atoms with Crippen molar-refractivity contribution in [2.45, 2.75) is 44.3 Å². The van der Waals surface area contributed by atoms with Gasteiger partial charge < -0.3 is 15.1 Å². The largest absolute Gasteiger partial charge is 0.392 e. The minimum atomic E-state index is -0.482. The second-order valence-electron chi connectivity index (χ2n) is 4.48. The summed E-state index contributed by atoms with van der Waals surface area (Å²) in [4.78, 5) is 2.01. The summed E-state index contributed by atoms with van der Waals surface area (Å²) in [6, 6.07) is 0. The summed E-state index contributed by atoms with van der Waals surface area (Å²) in [6.07, 6.45) is 3.79.